The molecule has 32 heavy (non-hydrogen) atoms. The summed E-state index contributed by atoms with van der Waals surface area (Å²) in [4.78, 5) is 14.6. The number of aryl methyl sites for hydroxylation is 1. The molecule has 7 nitrogen and oxygen atoms in total. The van der Waals surface area contributed by atoms with Crippen molar-refractivity contribution in [2.24, 2.45) is 0 Å². The predicted octanol–water partition coefficient (Wildman–Crippen LogP) is 5.31. The molecular weight excluding hydrogens is 404 g/mol. The summed E-state index contributed by atoms with van der Waals surface area (Å²) in [5.41, 5.74) is 2.56. The van der Waals surface area contributed by atoms with E-state index >= 15 is 0 Å². The van der Waals surface area contributed by atoms with Gasteiger partial charge in [-0.3, -0.25) is 0 Å². The van der Waals surface area contributed by atoms with Crippen LogP contribution in [0.2, 0.25) is 0 Å². The van der Waals surface area contributed by atoms with Crippen LogP contribution in [0.1, 0.15) is 38.4 Å². The van der Waals surface area contributed by atoms with Crippen LogP contribution in [0.3, 0.4) is 0 Å². The van der Waals surface area contributed by atoms with Gasteiger partial charge in [0.15, 0.2) is 0 Å². The van der Waals surface area contributed by atoms with Crippen LogP contribution >= 0.6 is 0 Å². The molecule has 2 amide bonds. The number of hydrogen-bond donors (Lipinski definition) is 1. The molecule has 2 aromatic carbocycles. The summed E-state index contributed by atoms with van der Waals surface area (Å²) in [6.07, 6.45) is 0.883. The Morgan fingerprint density at radius 3 is 2.34 bits per heavy atom. The first-order valence-electron chi connectivity index (χ1n) is 10.9. The number of aromatic nitrogens is 2. The molecule has 7 heteroatoms. The Labute approximate surface area is 190 Å². The highest BCUT2D eigenvalue weighted by atomic mass is 16.5. The standard InChI is InChI=1S/C25H32N4O3/c1-6-16-26-25(30)28(18(2)3)17-23-19(4)27-29(20-10-8-7-9-11-20)24(23)32-22-14-12-21(31-5)13-15-22/h7-15,18H,6,16-17H2,1-5H3,(H,26,30). The van der Waals surface area contributed by atoms with E-state index in [-0.39, 0.29) is 12.1 Å². The molecule has 1 heterocycles. The van der Waals surface area contributed by atoms with Gasteiger partial charge in [0, 0.05) is 12.6 Å². The van der Waals surface area contributed by atoms with Crippen LogP contribution in [0.5, 0.6) is 17.4 Å². The normalized spacial score (nSPS) is 10.8. The van der Waals surface area contributed by atoms with Crippen LogP contribution in [-0.2, 0) is 6.54 Å². The highest BCUT2D eigenvalue weighted by Crippen LogP contribution is 2.32. The summed E-state index contributed by atoms with van der Waals surface area (Å²) < 4.78 is 13.4. The number of nitrogens with zero attached hydrogens (tertiary/aromatic N) is 3. The molecule has 170 valence electrons. The number of nitrogens with one attached hydrogen (secondary N) is 1. The second kappa shape index (κ2) is 10.7. The molecule has 0 atom stereocenters. The van der Waals surface area contributed by atoms with Gasteiger partial charge in [0.1, 0.15) is 11.5 Å². The SMILES string of the molecule is CCCNC(=O)N(Cc1c(C)nn(-c2ccccc2)c1Oc1ccc(OC)cc1)C(C)C. The monoisotopic (exact) mass is 436 g/mol. The van der Waals surface area contributed by atoms with Crippen molar-refractivity contribution < 1.29 is 14.3 Å². The van der Waals surface area contributed by atoms with Crippen molar-refractivity contribution in [3.63, 3.8) is 0 Å². The maximum atomic E-state index is 12.8. The Balaban J connectivity index is 2.02. The average Bonchev–Trinajstić information content (AvgIpc) is 3.11. The van der Waals surface area contributed by atoms with Gasteiger partial charge in [0.25, 0.3) is 0 Å². The van der Waals surface area contributed by atoms with Crippen LogP contribution < -0.4 is 14.8 Å². The molecule has 1 N–H and O–H groups in total. The summed E-state index contributed by atoms with van der Waals surface area (Å²) in [6.45, 7) is 9.02. The fourth-order valence-electron chi connectivity index (χ4n) is 3.32. The Hall–Kier alpha value is -3.48. The van der Waals surface area contributed by atoms with E-state index in [9.17, 15) is 4.79 Å². The summed E-state index contributed by atoms with van der Waals surface area (Å²) in [5, 5.41) is 7.73. The molecule has 0 saturated heterocycles. The summed E-state index contributed by atoms with van der Waals surface area (Å²) in [6, 6.07) is 17.2. The number of ether oxygens (including phenoxy) is 2. The van der Waals surface area contributed by atoms with Crippen molar-refractivity contribution in [1.29, 1.82) is 0 Å². The van der Waals surface area contributed by atoms with Gasteiger partial charge in [-0.2, -0.15) is 5.10 Å². The third kappa shape index (κ3) is 5.41. The van der Waals surface area contributed by atoms with Gasteiger partial charge in [-0.1, -0.05) is 25.1 Å². The number of methoxy groups -OCH3 is 1. The zero-order valence-electron chi connectivity index (χ0n) is 19.5. The van der Waals surface area contributed by atoms with E-state index in [1.807, 2.05) is 82.3 Å². The van der Waals surface area contributed by atoms with E-state index in [0.29, 0.717) is 24.7 Å². The quantitative estimate of drug-likeness (QED) is 0.493. The van der Waals surface area contributed by atoms with Gasteiger partial charge in [-0.25, -0.2) is 9.48 Å². The number of urea groups is 1. The fraction of sp³-hybridized carbons (Fsp3) is 0.360. The minimum atomic E-state index is -0.0934. The molecule has 0 aliphatic carbocycles. The third-order valence-corrected chi connectivity index (χ3v) is 5.15. The van der Waals surface area contributed by atoms with Crippen molar-refractivity contribution >= 4 is 6.03 Å². The summed E-state index contributed by atoms with van der Waals surface area (Å²) >= 11 is 0. The highest BCUT2D eigenvalue weighted by Gasteiger charge is 2.25. The van der Waals surface area contributed by atoms with Crippen molar-refractivity contribution in [3.8, 4) is 23.1 Å². The molecule has 3 aromatic rings. The molecule has 0 spiro atoms. The first-order chi connectivity index (χ1) is 15.4. The Bertz CT molecular complexity index is 1010. The smallest absolute Gasteiger partial charge is 0.317 e. The topological polar surface area (TPSA) is 68.6 Å². The Morgan fingerprint density at radius 1 is 1.09 bits per heavy atom. The van der Waals surface area contributed by atoms with E-state index in [1.54, 1.807) is 16.7 Å². The molecule has 0 saturated carbocycles. The maximum Gasteiger partial charge on any atom is 0.317 e. The number of carbonyl (C=O) groups excluding carboxylic acids is 1. The average molecular weight is 437 g/mol. The second-order valence-electron chi connectivity index (χ2n) is 7.85. The first kappa shape index (κ1) is 23.2. The van der Waals surface area contributed by atoms with Gasteiger partial charge < -0.3 is 19.7 Å². The van der Waals surface area contributed by atoms with Crippen LogP contribution in [-0.4, -0.2) is 40.4 Å². The van der Waals surface area contributed by atoms with E-state index in [2.05, 4.69) is 5.32 Å². The van der Waals surface area contributed by atoms with Crippen molar-refractivity contribution in [2.45, 2.75) is 46.7 Å². The predicted molar refractivity (Wildman–Crippen MR) is 126 cm³/mol. The molecular formula is C25H32N4O3. The lowest BCUT2D eigenvalue weighted by molar-refractivity contribution is 0.179. The zero-order valence-corrected chi connectivity index (χ0v) is 19.5. The zero-order chi connectivity index (χ0) is 23.1. The summed E-state index contributed by atoms with van der Waals surface area (Å²) in [7, 11) is 1.63. The number of carbonyl (C=O) groups is 1. The van der Waals surface area contributed by atoms with E-state index in [4.69, 9.17) is 14.6 Å². The molecule has 0 unspecified atom stereocenters. The third-order valence-electron chi connectivity index (χ3n) is 5.15. The Morgan fingerprint density at radius 2 is 1.75 bits per heavy atom. The molecule has 0 fully saturated rings. The van der Waals surface area contributed by atoms with Crippen molar-refractivity contribution in [2.75, 3.05) is 13.7 Å². The highest BCUT2D eigenvalue weighted by molar-refractivity contribution is 5.74. The van der Waals surface area contributed by atoms with Gasteiger partial charge in [0.2, 0.25) is 5.88 Å². The fourth-order valence-corrected chi connectivity index (χ4v) is 3.32. The molecule has 1 aromatic heterocycles. The van der Waals surface area contributed by atoms with Gasteiger partial charge in [-0.15, -0.1) is 0 Å². The van der Waals surface area contributed by atoms with Crippen LogP contribution in [0.15, 0.2) is 54.6 Å². The lowest BCUT2D eigenvalue weighted by Crippen LogP contribution is -2.43. The van der Waals surface area contributed by atoms with E-state index in [0.717, 1.165) is 29.1 Å². The van der Waals surface area contributed by atoms with Gasteiger partial charge >= 0.3 is 6.03 Å². The molecule has 0 bridgehead atoms. The minimum Gasteiger partial charge on any atom is -0.497 e. The van der Waals surface area contributed by atoms with Crippen molar-refractivity contribution in [1.82, 2.24) is 20.0 Å². The molecule has 3 rings (SSSR count). The summed E-state index contributed by atoms with van der Waals surface area (Å²) in [5.74, 6) is 2.01. The first-order valence-corrected chi connectivity index (χ1v) is 10.9. The van der Waals surface area contributed by atoms with Crippen molar-refractivity contribution in [3.05, 3.63) is 65.9 Å². The number of rotatable bonds is 9. The van der Waals surface area contributed by atoms with E-state index in [1.165, 1.54) is 0 Å². The number of benzene rings is 2. The second-order valence-corrected chi connectivity index (χ2v) is 7.85. The van der Waals surface area contributed by atoms with Gasteiger partial charge in [0.05, 0.1) is 30.6 Å². The van der Waals surface area contributed by atoms with Crippen LogP contribution in [0.25, 0.3) is 5.69 Å². The number of amides is 2. The Kier molecular flexibility index (Phi) is 7.76. The van der Waals surface area contributed by atoms with E-state index < -0.39 is 0 Å². The molecule has 0 aliphatic rings. The molecule has 0 radical (unpaired) electrons. The number of hydrogen-bond acceptors (Lipinski definition) is 4. The lowest BCUT2D eigenvalue weighted by Gasteiger charge is -2.27. The number of para-hydroxylation sites is 1. The maximum absolute atomic E-state index is 12.8. The van der Waals surface area contributed by atoms with Crippen LogP contribution in [0.4, 0.5) is 4.79 Å². The van der Waals surface area contributed by atoms with Crippen LogP contribution in [0, 0.1) is 6.92 Å². The van der Waals surface area contributed by atoms with Gasteiger partial charge in [-0.05, 0) is 63.6 Å². The minimum absolute atomic E-state index is 0.0140. The molecule has 0 aliphatic heterocycles. The lowest BCUT2D eigenvalue weighted by atomic mass is 10.2. The largest absolute Gasteiger partial charge is 0.497 e.